The first-order valence-corrected chi connectivity index (χ1v) is 9.72. The Bertz CT molecular complexity index is 1400. The number of nitrogens with zero attached hydrogens (tertiary/aromatic N) is 2. The second kappa shape index (κ2) is 6.38. The van der Waals surface area contributed by atoms with Crippen LogP contribution in [-0.2, 0) is 6.54 Å². The lowest BCUT2D eigenvalue weighted by molar-refractivity contribution is 0.417. The molecule has 7 heteroatoms. The van der Waals surface area contributed by atoms with E-state index in [9.17, 15) is 4.79 Å². The van der Waals surface area contributed by atoms with Crippen LogP contribution in [0.1, 0.15) is 11.4 Å². The van der Waals surface area contributed by atoms with Gasteiger partial charge in [0.2, 0.25) is 0 Å². The number of furan rings is 1. The molecule has 6 nitrogen and oxygen atoms in total. The van der Waals surface area contributed by atoms with Crippen LogP contribution in [0.2, 0.25) is 0 Å². The Balaban J connectivity index is 1.52. The Morgan fingerprint density at radius 1 is 1.18 bits per heavy atom. The first kappa shape index (κ1) is 16.8. The number of hydrogen-bond donors (Lipinski definition) is 1. The van der Waals surface area contributed by atoms with Gasteiger partial charge in [0.15, 0.2) is 4.96 Å². The maximum Gasteiger partial charge on any atom is 0.259 e. The molecule has 0 aliphatic carbocycles. The molecule has 0 bridgehead atoms. The minimum Gasteiger partial charge on any atom is -0.495 e. The van der Waals surface area contributed by atoms with Crippen LogP contribution in [0.25, 0.3) is 26.9 Å². The molecule has 0 saturated carbocycles. The van der Waals surface area contributed by atoms with Gasteiger partial charge in [-0.1, -0.05) is 18.2 Å². The molecule has 5 rings (SSSR count). The molecular weight excluding hydrogens is 374 g/mol. The second-order valence-electron chi connectivity index (χ2n) is 6.58. The van der Waals surface area contributed by atoms with Crippen LogP contribution >= 0.6 is 11.3 Å². The zero-order valence-corrected chi connectivity index (χ0v) is 16.2. The van der Waals surface area contributed by atoms with Crippen molar-refractivity contribution in [3.63, 3.8) is 0 Å². The molecule has 140 valence electrons. The predicted molar refractivity (Wildman–Crippen MR) is 112 cm³/mol. The SMILES string of the molecule is COc1cc2c(cc1NCc1cc(=O)n3c(C)csc3n1)oc1ccccc12. The fourth-order valence-corrected chi connectivity index (χ4v) is 4.33. The highest BCUT2D eigenvalue weighted by Crippen LogP contribution is 2.36. The lowest BCUT2D eigenvalue weighted by Crippen LogP contribution is -2.16. The van der Waals surface area contributed by atoms with E-state index in [1.54, 1.807) is 17.6 Å². The summed E-state index contributed by atoms with van der Waals surface area (Å²) in [4.78, 5) is 17.6. The average Bonchev–Trinajstić information content (AvgIpc) is 3.25. The maximum absolute atomic E-state index is 12.4. The predicted octanol–water partition coefficient (Wildman–Crippen LogP) is 4.58. The van der Waals surface area contributed by atoms with E-state index in [0.29, 0.717) is 22.9 Å². The Labute approximate surface area is 164 Å². The fourth-order valence-electron chi connectivity index (χ4n) is 3.44. The third-order valence-electron chi connectivity index (χ3n) is 4.79. The summed E-state index contributed by atoms with van der Waals surface area (Å²) in [5, 5.41) is 7.31. The van der Waals surface area contributed by atoms with Crippen molar-refractivity contribution in [1.82, 2.24) is 9.38 Å². The van der Waals surface area contributed by atoms with E-state index in [1.807, 2.05) is 48.7 Å². The summed E-state index contributed by atoms with van der Waals surface area (Å²) in [6.45, 7) is 2.31. The molecule has 0 aliphatic heterocycles. The van der Waals surface area contributed by atoms with Gasteiger partial charge in [0, 0.05) is 34.0 Å². The van der Waals surface area contributed by atoms with Crippen molar-refractivity contribution in [3.05, 3.63) is 69.6 Å². The maximum atomic E-state index is 12.4. The Hall–Kier alpha value is -3.32. The Morgan fingerprint density at radius 3 is 2.89 bits per heavy atom. The van der Waals surface area contributed by atoms with Gasteiger partial charge in [-0.05, 0) is 19.1 Å². The van der Waals surface area contributed by atoms with E-state index < -0.39 is 0 Å². The zero-order valence-electron chi connectivity index (χ0n) is 15.4. The lowest BCUT2D eigenvalue weighted by atomic mass is 10.1. The summed E-state index contributed by atoms with van der Waals surface area (Å²) in [5.41, 5.74) is 3.91. The van der Waals surface area contributed by atoms with Crippen molar-refractivity contribution in [2.45, 2.75) is 13.5 Å². The van der Waals surface area contributed by atoms with Crippen molar-refractivity contribution in [1.29, 1.82) is 0 Å². The van der Waals surface area contributed by atoms with Gasteiger partial charge in [0.05, 0.1) is 25.0 Å². The number of thiazole rings is 1. The van der Waals surface area contributed by atoms with Crippen LogP contribution in [0.4, 0.5) is 5.69 Å². The third kappa shape index (κ3) is 2.63. The molecule has 2 aromatic carbocycles. The van der Waals surface area contributed by atoms with E-state index in [0.717, 1.165) is 33.3 Å². The van der Waals surface area contributed by atoms with Crippen molar-refractivity contribution >= 4 is 43.9 Å². The highest BCUT2D eigenvalue weighted by Gasteiger charge is 2.13. The number of para-hydroxylation sites is 1. The first-order valence-electron chi connectivity index (χ1n) is 8.84. The van der Waals surface area contributed by atoms with Crippen LogP contribution in [0.15, 0.2) is 57.1 Å². The van der Waals surface area contributed by atoms with E-state index in [4.69, 9.17) is 9.15 Å². The van der Waals surface area contributed by atoms with Gasteiger partial charge in [-0.3, -0.25) is 9.20 Å². The number of fused-ring (bicyclic) bond motifs is 4. The highest BCUT2D eigenvalue weighted by molar-refractivity contribution is 7.15. The topological polar surface area (TPSA) is 68.8 Å². The van der Waals surface area contributed by atoms with E-state index in [1.165, 1.54) is 11.3 Å². The number of ether oxygens (including phenoxy) is 1. The van der Waals surface area contributed by atoms with Crippen LogP contribution in [0.5, 0.6) is 5.75 Å². The number of aryl methyl sites for hydroxylation is 1. The summed E-state index contributed by atoms with van der Waals surface area (Å²) in [6, 6.07) is 13.4. The van der Waals surface area contributed by atoms with Gasteiger partial charge in [0.1, 0.15) is 16.9 Å². The smallest absolute Gasteiger partial charge is 0.259 e. The van der Waals surface area contributed by atoms with Crippen LogP contribution in [-0.4, -0.2) is 16.5 Å². The summed E-state index contributed by atoms with van der Waals surface area (Å²) >= 11 is 1.46. The van der Waals surface area contributed by atoms with E-state index in [2.05, 4.69) is 10.3 Å². The van der Waals surface area contributed by atoms with Crippen molar-refractivity contribution < 1.29 is 9.15 Å². The molecular formula is C21H17N3O3S. The highest BCUT2D eigenvalue weighted by atomic mass is 32.1. The van der Waals surface area contributed by atoms with Gasteiger partial charge < -0.3 is 14.5 Å². The van der Waals surface area contributed by atoms with Gasteiger partial charge in [-0.15, -0.1) is 11.3 Å². The molecule has 3 aromatic heterocycles. The van der Waals surface area contributed by atoms with Crippen LogP contribution in [0, 0.1) is 6.92 Å². The van der Waals surface area contributed by atoms with Crippen LogP contribution in [0.3, 0.4) is 0 Å². The van der Waals surface area contributed by atoms with Gasteiger partial charge in [-0.25, -0.2) is 4.98 Å². The summed E-state index contributed by atoms with van der Waals surface area (Å²) in [6.07, 6.45) is 0. The van der Waals surface area contributed by atoms with Crippen molar-refractivity contribution in [2.24, 2.45) is 0 Å². The largest absolute Gasteiger partial charge is 0.495 e. The quantitative estimate of drug-likeness (QED) is 0.485. The molecule has 0 atom stereocenters. The van der Waals surface area contributed by atoms with Gasteiger partial charge in [0.25, 0.3) is 5.56 Å². The standard InChI is InChI=1S/C21H17N3O3S/c1-12-11-28-21-23-13(7-20(25)24(12)21)10-22-16-9-18-15(8-19(16)26-2)14-5-3-4-6-17(14)27-18/h3-9,11,22H,10H2,1-2H3. The number of benzene rings is 2. The van der Waals surface area contributed by atoms with Crippen LogP contribution < -0.4 is 15.6 Å². The first-order chi connectivity index (χ1) is 13.6. The van der Waals surface area contributed by atoms with Crippen molar-refractivity contribution in [3.8, 4) is 5.75 Å². The Morgan fingerprint density at radius 2 is 2.04 bits per heavy atom. The lowest BCUT2D eigenvalue weighted by Gasteiger charge is -2.11. The Kier molecular flexibility index (Phi) is 3.84. The normalized spacial score (nSPS) is 11.5. The number of rotatable bonds is 4. The minimum atomic E-state index is -0.0692. The molecule has 0 saturated heterocycles. The van der Waals surface area contributed by atoms with E-state index >= 15 is 0 Å². The zero-order chi connectivity index (χ0) is 19.3. The van der Waals surface area contributed by atoms with Gasteiger partial charge >= 0.3 is 0 Å². The third-order valence-corrected chi connectivity index (χ3v) is 5.73. The number of methoxy groups -OCH3 is 1. The molecule has 0 fully saturated rings. The molecule has 0 amide bonds. The molecule has 3 heterocycles. The van der Waals surface area contributed by atoms with Crippen molar-refractivity contribution in [2.75, 3.05) is 12.4 Å². The van der Waals surface area contributed by atoms with E-state index in [-0.39, 0.29) is 5.56 Å². The molecule has 1 N–H and O–H groups in total. The minimum absolute atomic E-state index is 0.0692. The number of aromatic nitrogens is 2. The number of nitrogens with one attached hydrogen (secondary N) is 1. The average molecular weight is 391 g/mol. The number of hydrogen-bond acceptors (Lipinski definition) is 6. The monoisotopic (exact) mass is 391 g/mol. The molecule has 5 aromatic rings. The molecule has 0 unspecified atom stereocenters. The fraction of sp³-hybridized carbons (Fsp3) is 0.143. The molecule has 28 heavy (non-hydrogen) atoms. The summed E-state index contributed by atoms with van der Waals surface area (Å²) < 4.78 is 13.2. The molecule has 0 aliphatic rings. The molecule has 0 radical (unpaired) electrons. The van der Waals surface area contributed by atoms with Gasteiger partial charge in [-0.2, -0.15) is 0 Å². The number of anilines is 1. The second-order valence-corrected chi connectivity index (χ2v) is 7.42. The molecule has 0 spiro atoms. The summed E-state index contributed by atoms with van der Waals surface area (Å²) in [7, 11) is 1.64. The summed E-state index contributed by atoms with van der Waals surface area (Å²) in [5.74, 6) is 0.712.